The smallest absolute Gasteiger partial charge is 0.253 e. The SMILES string of the molecule is O=C1NCC(=O)N(CC2CCOCC2)c2ccccc21. The van der Waals surface area contributed by atoms with E-state index in [4.69, 9.17) is 4.74 Å². The number of rotatable bonds is 2. The fourth-order valence-corrected chi connectivity index (χ4v) is 2.77. The molecule has 0 radical (unpaired) electrons. The van der Waals surface area contributed by atoms with E-state index in [1.807, 2.05) is 18.2 Å². The van der Waals surface area contributed by atoms with Crippen LogP contribution in [0.25, 0.3) is 0 Å². The van der Waals surface area contributed by atoms with Gasteiger partial charge in [-0.3, -0.25) is 9.59 Å². The maximum Gasteiger partial charge on any atom is 0.253 e. The summed E-state index contributed by atoms with van der Waals surface area (Å²) in [6.07, 6.45) is 1.93. The van der Waals surface area contributed by atoms with Gasteiger partial charge in [0.05, 0.1) is 17.8 Å². The molecule has 0 bridgehead atoms. The molecule has 1 saturated heterocycles. The molecule has 0 saturated carbocycles. The third-order valence-corrected chi connectivity index (χ3v) is 3.92. The largest absolute Gasteiger partial charge is 0.381 e. The van der Waals surface area contributed by atoms with E-state index in [2.05, 4.69) is 5.32 Å². The van der Waals surface area contributed by atoms with Crippen LogP contribution in [-0.2, 0) is 9.53 Å². The van der Waals surface area contributed by atoms with Gasteiger partial charge < -0.3 is 15.0 Å². The van der Waals surface area contributed by atoms with Crippen LogP contribution in [-0.4, -0.2) is 38.1 Å². The van der Waals surface area contributed by atoms with E-state index >= 15 is 0 Å². The molecule has 106 valence electrons. The second-order valence-corrected chi connectivity index (χ2v) is 5.26. The zero-order chi connectivity index (χ0) is 13.9. The number of fused-ring (bicyclic) bond motifs is 1. The summed E-state index contributed by atoms with van der Waals surface area (Å²) in [5.74, 6) is 0.215. The third kappa shape index (κ3) is 2.54. The Kier molecular flexibility index (Phi) is 3.69. The van der Waals surface area contributed by atoms with Gasteiger partial charge in [-0.15, -0.1) is 0 Å². The predicted molar refractivity (Wildman–Crippen MR) is 74.7 cm³/mol. The third-order valence-electron chi connectivity index (χ3n) is 3.92. The van der Waals surface area contributed by atoms with Crippen LogP contribution < -0.4 is 10.2 Å². The zero-order valence-corrected chi connectivity index (χ0v) is 11.3. The number of benzene rings is 1. The maximum atomic E-state index is 12.3. The minimum Gasteiger partial charge on any atom is -0.381 e. The molecular weight excluding hydrogens is 256 g/mol. The Labute approximate surface area is 117 Å². The van der Waals surface area contributed by atoms with Gasteiger partial charge >= 0.3 is 0 Å². The topological polar surface area (TPSA) is 58.6 Å². The first-order valence-corrected chi connectivity index (χ1v) is 7.01. The van der Waals surface area contributed by atoms with Crippen LogP contribution in [0, 0.1) is 5.92 Å². The number of carbonyl (C=O) groups excluding carboxylic acids is 2. The Hall–Kier alpha value is -1.88. The number of amides is 2. The van der Waals surface area contributed by atoms with E-state index < -0.39 is 0 Å². The van der Waals surface area contributed by atoms with Gasteiger partial charge in [0.2, 0.25) is 5.91 Å². The van der Waals surface area contributed by atoms with Crippen LogP contribution in [0.2, 0.25) is 0 Å². The number of carbonyl (C=O) groups is 2. The van der Waals surface area contributed by atoms with Gasteiger partial charge in [-0.2, -0.15) is 0 Å². The molecule has 0 unspecified atom stereocenters. The number of hydrogen-bond donors (Lipinski definition) is 1. The number of hydrogen-bond acceptors (Lipinski definition) is 3. The molecule has 5 nitrogen and oxygen atoms in total. The summed E-state index contributed by atoms with van der Waals surface area (Å²) in [6, 6.07) is 7.29. The molecule has 0 spiro atoms. The van der Waals surface area contributed by atoms with Gasteiger partial charge in [0.25, 0.3) is 5.91 Å². The van der Waals surface area contributed by atoms with Gasteiger partial charge in [-0.1, -0.05) is 12.1 Å². The predicted octanol–water partition coefficient (Wildman–Crippen LogP) is 1.19. The van der Waals surface area contributed by atoms with Crippen molar-refractivity contribution in [1.29, 1.82) is 0 Å². The van der Waals surface area contributed by atoms with Gasteiger partial charge in [-0.25, -0.2) is 0 Å². The lowest BCUT2D eigenvalue weighted by Gasteiger charge is -2.29. The first-order valence-electron chi connectivity index (χ1n) is 7.01. The van der Waals surface area contributed by atoms with E-state index in [1.54, 1.807) is 11.0 Å². The lowest BCUT2D eigenvalue weighted by atomic mass is 9.99. The van der Waals surface area contributed by atoms with Crippen molar-refractivity contribution in [1.82, 2.24) is 5.32 Å². The Morgan fingerprint density at radius 3 is 2.75 bits per heavy atom. The summed E-state index contributed by atoms with van der Waals surface area (Å²) in [5, 5.41) is 2.66. The molecule has 2 amide bonds. The van der Waals surface area contributed by atoms with Crippen molar-refractivity contribution in [3.8, 4) is 0 Å². The van der Waals surface area contributed by atoms with Crippen molar-refractivity contribution in [3.63, 3.8) is 0 Å². The van der Waals surface area contributed by atoms with Crippen LogP contribution in [0.5, 0.6) is 0 Å². The lowest BCUT2D eigenvalue weighted by molar-refractivity contribution is -0.117. The molecule has 2 heterocycles. The van der Waals surface area contributed by atoms with Crippen molar-refractivity contribution in [2.24, 2.45) is 5.92 Å². The zero-order valence-electron chi connectivity index (χ0n) is 11.3. The number of nitrogens with one attached hydrogen (secondary N) is 1. The van der Waals surface area contributed by atoms with E-state index in [0.29, 0.717) is 18.0 Å². The van der Waals surface area contributed by atoms with Crippen LogP contribution >= 0.6 is 0 Å². The molecule has 0 atom stereocenters. The fraction of sp³-hybridized carbons (Fsp3) is 0.467. The van der Waals surface area contributed by atoms with E-state index in [0.717, 1.165) is 31.7 Å². The second kappa shape index (κ2) is 5.63. The highest BCUT2D eigenvalue weighted by molar-refractivity contribution is 6.09. The highest BCUT2D eigenvalue weighted by Crippen LogP contribution is 2.26. The minimum atomic E-state index is -0.177. The molecule has 1 aromatic carbocycles. The summed E-state index contributed by atoms with van der Waals surface area (Å²) in [6.45, 7) is 2.24. The standard InChI is InChI=1S/C15H18N2O3/c18-14-9-16-15(19)12-3-1-2-4-13(12)17(14)10-11-5-7-20-8-6-11/h1-4,11H,5-10H2,(H,16,19). The maximum absolute atomic E-state index is 12.3. The Morgan fingerprint density at radius 2 is 1.95 bits per heavy atom. The van der Waals surface area contributed by atoms with Crippen molar-refractivity contribution in [2.45, 2.75) is 12.8 Å². The van der Waals surface area contributed by atoms with Gasteiger partial charge in [0.15, 0.2) is 0 Å². The Balaban J connectivity index is 1.88. The summed E-state index contributed by atoms with van der Waals surface area (Å²) < 4.78 is 5.36. The molecule has 5 heteroatoms. The number of para-hydroxylation sites is 1. The van der Waals surface area contributed by atoms with Gasteiger partial charge in [0, 0.05) is 19.8 Å². The molecule has 0 aromatic heterocycles. The van der Waals surface area contributed by atoms with Crippen molar-refractivity contribution < 1.29 is 14.3 Å². The molecular formula is C15H18N2O3. The molecule has 0 aliphatic carbocycles. The first-order chi connectivity index (χ1) is 9.75. The van der Waals surface area contributed by atoms with Crippen LogP contribution in [0.1, 0.15) is 23.2 Å². The second-order valence-electron chi connectivity index (χ2n) is 5.26. The Bertz CT molecular complexity index is 524. The van der Waals surface area contributed by atoms with Gasteiger partial charge in [0.1, 0.15) is 0 Å². The normalized spacial score (nSPS) is 20.3. The summed E-state index contributed by atoms with van der Waals surface area (Å²) in [7, 11) is 0. The quantitative estimate of drug-likeness (QED) is 0.881. The van der Waals surface area contributed by atoms with Crippen LogP contribution in [0.3, 0.4) is 0 Å². The van der Waals surface area contributed by atoms with Crippen molar-refractivity contribution in [3.05, 3.63) is 29.8 Å². The summed E-state index contributed by atoms with van der Waals surface area (Å²) in [4.78, 5) is 26.0. The Morgan fingerprint density at radius 1 is 1.20 bits per heavy atom. The molecule has 1 N–H and O–H groups in total. The first kappa shape index (κ1) is 13.1. The monoisotopic (exact) mass is 274 g/mol. The lowest BCUT2D eigenvalue weighted by Crippen LogP contribution is -2.40. The average Bonchev–Trinajstić information content (AvgIpc) is 2.61. The number of anilines is 1. The van der Waals surface area contributed by atoms with Crippen LogP contribution in [0.15, 0.2) is 24.3 Å². The number of ether oxygens (including phenoxy) is 1. The highest BCUT2D eigenvalue weighted by Gasteiger charge is 2.28. The minimum absolute atomic E-state index is 0.0465. The molecule has 20 heavy (non-hydrogen) atoms. The average molecular weight is 274 g/mol. The van der Waals surface area contributed by atoms with Gasteiger partial charge in [-0.05, 0) is 30.9 Å². The highest BCUT2D eigenvalue weighted by atomic mass is 16.5. The van der Waals surface area contributed by atoms with Crippen molar-refractivity contribution >= 4 is 17.5 Å². The van der Waals surface area contributed by atoms with E-state index in [-0.39, 0.29) is 18.4 Å². The molecule has 1 fully saturated rings. The summed E-state index contributed by atoms with van der Waals surface area (Å²) >= 11 is 0. The van der Waals surface area contributed by atoms with Crippen molar-refractivity contribution in [2.75, 3.05) is 31.2 Å². The van der Waals surface area contributed by atoms with Crippen LogP contribution in [0.4, 0.5) is 5.69 Å². The van der Waals surface area contributed by atoms with E-state index in [9.17, 15) is 9.59 Å². The molecule has 2 aliphatic heterocycles. The molecule has 2 aliphatic rings. The van der Waals surface area contributed by atoms with E-state index in [1.165, 1.54) is 0 Å². The summed E-state index contributed by atoms with van der Waals surface area (Å²) in [5.41, 5.74) is 1.30. The molecule has 1 aromatic rings. The fourth-order valence-electron chi connectivity index (χ4n) is 2.77. The number of nitrogens with zero attached hydrogens (tertiary/aromatic N) is 1. The molecule has 3 rings (SSSR count).